The fraction of sp³-hybridized carbons (Fsp3) is 0.381. The van der Waals surface area contributed by atoms with Gasteiger partial charge < -0.3 is 25.9 Å². The highest BCUT2D eigenvalue weighted by molar-refractivity contribution is 5.98. The molecule has 0 saturated heterocycles. The third kappa shape index (κ3) is 5.47. The molecule has 1 saturated carbocycles. The number of aromatic nitrogens is 1. The number of hydrogen-bond donors (Lipinski definition) is 5. The van der Waals surface area contributed by atoms with Crippen LogP contribution in [0.15, 0.2) is 41.1 Å². The number of anilines is 1. The molecule has 6 N–H and O–H groups in total. The van der Waals surface area contributed by atoms with Gasteiger partial charge in [-0.1, -0.05) is 12.8 Å². The van der Waals surface area contributed by atoms with E-state index in [1.54, 1.807) is 24.3 Å². The topological polar surface area (TPSA) is 171 Å². The van der Waals surface area contributed by atoms with Crippen molar-refractivity contribution in [3.63, 3.8) is 0 Å². The van der Waals surface area contributed by atoms with Crippen LogP contribution in [0.1, 0.15) is 43.1 Å². The molecule has 3 unspecified atom stereocenters. The van der Waals surface area contributed by atoms with Crippen molar-refractivity contribution in [2.75, 3.05) is 11.9 Å². The molecule has 1 aliphatic rings. The van der Waals surface area contributed by atoms with Gasteiger partial charge in [-0.05, 0) is 37.1 Å². The Morgan fingerprint density at radius 1 is 1.16 bits per heavy atom. The zero-order chi connectivity index (χ0) is 22.4. The highest BCUT2D eigenvalue weighted by Crippen LogP contribution is 2.31. The Hall–Kier alpha value is -3.69. The van der Waals surface area contributed by atoms with Crippen molar-refractivity contribution in [2.45, 2.75) is 31.6 Å². The van der Waals surface area contributed by atoms with Gasteiger partial charge in [0.15, 0.2) is 5.92 Å². The molecule has 10 heteroatoms. The van der Waals surface area contributed by atoms with E-state index in [2.05, 4.69) is 15.6 Å². The SMILES string of the molecule is N=C(N)c1ccc(NC(=O)C2CCCCC2C(=O)NCC(C(=O)O)c2ncco2)cc1. The number of nitrogens with one attached hydrogen (secondary N) is 3. The lowest BCUT2D eigenvalue weighted by atomic mass is 9.78. The molecule has 10 nitrogen and oxygen atoms in total. The average molecular weight is 427 g/mol. The van der Waals surface area contributed by atoms with Gasteiger partial charge in [-0.25, -0.2) is 4.98 Å². The summed E-state index contributed by atoms with van der Waals surface area (Å²) in [5.41, 5.74) is 6.54. The smallest absolute Gasteiger partial charge is 0.317 e. The van der Waals surface area contributed by atoms with Crippen LogP contribution in [0.4, 0.5) is 5.69 Å². The fourth-order valence-corrected chi connectivity index (χ4v) is 3.75. The van der Waals surface area contributed by atoms with Gasteiger partial charge in [0.1, 0.15) is 12.1 Å². The van der Waals surface area contributed by atoms with Gasteiger partial charge in [0, 0.05) is 29.6 Å². The van der Waals surface area contributed by atoms with E-state index in [1.807, 2.05) is 0 Å². The van der Waals surface area contributed by atoms with E-state index in [9.17, 15) is 19.5 Å². The van der Waals surface area contributed by atoms with Crippen molar-refractivity contribution < 1.29 is 23.9 Å². The molecular formula is C21H25N5O5. The molecule has 0 radical (unpaired) electrons. The largest absolute Gasteiger partial charge is 0.481 e. The first-order chi connectivity index (χ1) is 14.9. The van der Waals surface area contributed by atoms with Gasteiger partial charge in [-0.2, -0.15) is 0 Å². The summed E-state index contributed by atoms with van der Waals surface area (Å²) in [7, 11) is 0. The summed E-state index contributed by atoms with van der Waals surface area (Å²) in [5.74, 6) is -4.01. The predicted octanol–water partition coefficient (Wildman–Crippen LogP) is 1.69. The molecule has 1 fully saturated rings. The second kappa shape index (κ2) is 9.88. The number of oxazole rings is 1. The van der Waals surface area contributed by atoms with E-state index in [0.29, 0.717) is 24.1 Å². The highest BCUT2D eigenvalue weighted by Gasteiger charge is 2.36. The number of amidine groups is 1. The van der Waals surface area contributed by atoms with Crippen molar-refractivity contribution in [3.05, 3.63) is 48.2 Å². The number of aliphatic carboxylic acids is 1. The standard InChI is InChI=1S/C21H25N5O5/c22-17(23)12-5-7-13(8-6-12)26-19(28)15-4-2-1-3-14(15)18(27)25-11-16(21(29)30)20-24-9-10-31-20/h5-10,14-16H,1-4,11H2,(H3,22,23)(H,25,27)(H,26,28)(H,29,30). The van der Waals surface area contributed by atoms with Crippen molar-refractivity contribution in [1.29, 1.82) is 5.41 Å². The number of hydrogen-bond acceptors (Lipinski definition) is 6. The Morgan fingerprint density at radius 3 is 2.35 bits per heavy atom. The second-order valence-corrected chi connectivity index (χ2v) is 7.48. The molecular weight excluding hydrogens is 402 g/mol. The number of nitrogen functional groups attached to an aromatic ring is 1. The number of nitrogens with two attached hydrogens (primary N) is 1. The minimum atomic E-state index is -1.16. The number of carboxylic acid groups (broad SMARTS) is 1. The first kappa shape index (κ1) is 22.0. The first-order valence-corrected chi connectivity index (χ1v) is 10.0. The van der Waals surface area contributed by atoms with E-state index in [0.717, 1.165) is 12.8 Å². The molecule has 2 aromatic rings. The number of carbonyl (C=O) groups is 3. The Balaban J connectivity index is 1.63. The van der Waals surface area contributed by atoms with Crippen LogP contribution < -0.4 is 16.4 Å². The van der Waals surface area contributed by atoms with Gasteiger partial charge in [0.05, 0.1) is 6.20 Å². The van der Waals surface area contributed by atoms with Gasteiger partial charge in [-0.15, -0.1) is 0 Å². The maximum Gasteiger partial charge on any atom is 0.317 e. The van der Waals surface area contributed by atoms with E-state index in [-0.39, 0.29) is 30.1 Å². The Labute approximate surface area is 178 Å². The molecule has 0 aliphatic heterocycles. The van der Waals surface area contributed by atoms with Gasteiger partial charge in [0.25, 0.3) is 0 Å². The second-order valence-electron chi connectivity index (χ2n) is 7.48. The molecule has 1 heterocycles. The summed E-state index contributed by atoms with van der Waals surface area (Å²) in [5, 5.41) is 22.3. The summed E-state index contributed by atoms with van der Waals surface area (Å²) in [6.45, 7) is -0.175. The molecule has 31 heavy (non-hydrogen) atoms. The summed E-state index contributed by atoms with van der Waals surface area (Å²) in [6, 6.07) is 6.58. The Bertz CT molecular complexity index is 942. The molecule has 164 valence electrons. The Kier molecular flexibility index (Phi) is 7.01. The number of nitrogens with zero attached hydrogens (tertiary/aromatic N) is 1. The van der Waals surface area contributed by atoms with Crippen LogP contribution in [0.5, 0.6) is 0 Å². The number of benzene rings is 1. The molecule has 0 spiro atoms. The number of carbonyl (C=O) groups excluding carboxylic acids is 2. The van der Waals surface area contributed by atoms with Crippen molar-refractivity contribution in [1.82, 2.24) is 10.3 Å². The molecule has 3 rings (SSSR count). The summed E-state index contributed by atoms with van der Waals surface area (Å²) in [6.07, 6.45) is 5.38. The number of rotatable bonds is 8. The third-order valence-electron chi connectivity index (χ3n) is 5.43. The predicted molar refractivity (Wildman–Crippen MR) is 111 cm³/mol. The van der Waals surface area contributed by atoms with Crippen LogP contribution >= 0.6 is 0 Å². The molecule has 1 aliphatic carbocycles. The summed E-state index contributed by atoms with van der Waals surface area (Å²) >= 11 is 0. The molecule has 2 amide bonds. The summed E-state index contributed by atoms with van der Waals surface area (Å²) in [4.78, 5) is 41.0. The van der Waals surface area contributed by atoms with Crippen LogP contribution in [-0.2, 0) is 14.4 Å². The first-order valence-electron chi connectivity index (χ1n) is 10.0. The maximum absolute atomic E-state index is 12.9. The number of carboxylic acids is 1. The third-order valence-corrected chi connectivity index (χ3v) is 5.43. The zero-order valence-electron chi connectivity index (χ0n) is 16.8. The minimum absolute atomic E-state index is 0.0137. The minimum Gasteiger partial charge on any atom is -0.481 e. The van der Waals surface area contributed by atoms with E-state index >= 15 is 0 Å². The lowest BCUT2D eigenvalue weighted by Crippen LogP contribution is -2.43. The molecule has 0 bridgehead atoms. The van der Waals surface area contributed by atoms with E-state index in [4.69, 9.17) is 15.6 Å². The zero-order valence-corrected chi connectivity index (χ0v) is 16.8. The lowest BCUT2D eigenvalue weighted by Gasteiger charge is -2.30. The van der Waals surface area contributed by atoms with Gasteiger partial charge >= 0.3 is 5.97 Å². The van der Waals surface area contributed by atoms with E-state index in [1.165, 1.54) is 12.5 Å². The quantitative estimate of drug-likeness (QED) is 0.315. The normalized spacial score (nSPS) is 19.2. The lowest BCUT2D eigenvalue weighted by molar-refractivity contribution is -0.140. The molecule has 1 aromatic heterocycles. The van der Waals surface area contributed by atoms with Crippen LogP contribution in [0.25, 0.3) is 0 Å². The van der Waals surface area contributed by atoms with Crippen LogP contribution in [-0.4, -0.2) is 40.3 Å². The van der Waals surface area contributed by atoms with Crippen molar-refractivity contribution in [3.8, 4) is 0 Å². The van der Waals surface area contributed by atoms with Crippen LogP contribution in [0.3, 0.4) is 0 Å². The molecule has 1 aromatic carbocycles. The number of amides is 2. The Morgan fingerprint density at radius 2 is 1.81 bits per heavy atom. The van der Waals surface area contributed by atoms with Gasteiger partial charge in [0.2, 0.25) is 17.7 Å². The van der Waals surface area contributed by atoms with E-state index < -0.39 is 23.7 Å². The summed E-state index contributed by atoms with van der Waals surface area (Å²) < 4.78 is 5.06. The van der Waals surface area contributed by atoms with Crippen LogP contribution in [0, 0.1) is 17.2 Å². The average Bonchev–Trinajstić information content (AvgIpc) is 3.28. The van der Waals surface area contributed by atoms with Crippen LogP contribution in [0.2, 0.25) is 0 Å². The van der Waals surface area contributed by atoms with Crippen molar-refractivity contribution >= 4 is 29.3 Å². The highest BCUT2D eigenvalue weighted by atomic mass is 16.4. The monoisotopic (exact) mass is 427 g/mol. The maximum atomic E-state index is 12.9. The molecule has 3 atom stereocenters. The van der Waals surface area contributed by atoms with Crippen molar-refractivity contribution in [2.24, 2.45) is 17.6 Å². The van der Waals surface area contributed by atoms with Gasteiger partial charge in [-0.3, -0.25) is 19.8 Å². The fourth-order valence-electron chi connectivity index (χ4n) is 3.75.